The number of hydrogen-bond donors (Lipinski definition) is 3. The van der Waals surface area contributed by atoms with Crippen LogP contribution < -0.4 is 11.1 Å². The number of aliphatic hydroxyl groups is 1. The molecule has 46 heavy (non-hydrogen) atoms. The number of ether oxygens (including phenoxy) is 2. The second-order valence-corrected chi connectivity index (χ2v) is 11.7. The van der Waals surface area contributed by atoms with Crippen LogP contribution in [0.1, 0.15) is 121 Å². The molecular weight excluding hydrogens is 582 g/mol. The summed E-state index contributed by atoms with van der Waals surface area (Å²) in [5.74, 6) is -0.0719. The molecule has 0 bridgehead atoms. The van der Waals surface area contributed by atoms with Gasteiger partial charge in [-0.3, -0.25) is 9.59 Å². The van der Waals surface area contributed by atoms with Crippen molar-refractivity contribution in [2.75, 3.05) is 26.8 Å². The van der Waals surface area contributed by atoms with E-state index >= 15 is 0 Å². The minimum Gasteiger partial charge on any atom is -0.468 e. The Hall–Kier alpha value is -2.91. The van der Waals surface area contributed by atoms with Crippen LogP contribution in [0.25, 0.3) is 0 Å². The lowest BCUT2D eigenvalue weighted by atomic mass is 9.91. The van der Waals surface area contributed by atoms with E-state index in [4.69, 9.17) is 10.5 Å². The first-order valence-electron chi connectivity index (χ1n) is 17.6. The van der Waals surface area contributed by atoms with E-state index in [0.29, 0.717) is 32.7 Å². The normalized spacial score (nSPS) is 16.8. The van der Waals surface area contributed by atoms with E-state index in [2.05, 4.69) is 49.0 Å². The monoisotopic (exact) mass is 647 g/mol. The number of unbranched alkanes of at least 4 members (excludes halogenated alkanes) is 2. The number of aliphatic hydroxyl groups excluding tert-OH is 1. The van der Waals surface area contributed by atoms with Crippen LogP contribution in [-0.2, 0) is 36.9 Å². The topological polar surface area (TPSA) is 131 Å². The highest BCUT2D eigenvalue weighted by molar-refractivity contribution is 5.88. The summed E-state index contributed by atoms with van der Waals surface area (Å²) >= 11 is 0. The maximum absolute atomic E-state index is 12.7. The van der Waals surface area contributed by atoms with Gasteiger partial charge in [-0.05, 0) is 88.1 Å². The van der Waals surface area contributed by atoms with Crippen LogP contribution in [0.15, 0.2) is 24.4 Å². The van der Waals surface area contributed by atoms with Gasteiger partial charge in [0.25, 0.3) is 6.47 Å². The Balaban J connectivity index is 0.000000707. The summed E-state index contributed by atoms with van der Waals surface area (Å²) in [7, 11) is 1.88. The van der Waals surface area contributed by atoms with Gasteiger partial charge in [0, 0.05) is 13.6 Å². The highest BCUT2D eigenvalue weighted by Gasteiger charge is 2.39. The predicted molar refractivity (Wildman–Crippen MR) is 187 cm³/mol. The number of aryl methyl sites for hydroxylation is 2. The zero-order chi connectivity index (χ0) is 34.7. The van der Waals surface area contributed by atoms with Crippen molar-refractivity contribution in [2.45, 2.75) is 137 Å². The van der Waals surface area contributed by atoms with E-state index < -0.39 is 12.1 Å². The number of benzene rings is 1. The van der Waals surface area contributed by atoms with Gasteiger partial charge in [0.05, 0.1) is 25.9 Å². The number of carbonyl (C=O) groups is 3. The predicted octanol–water partition coefficient (Wildman–Crippen LogP) is 6.29. The number of allylic oxidation sites excluding steroid dienone is 1. The molecule has 9 nitrogen and oxygen atoms in total. The molecule has 3 rings (SSSR count). The van der Waals surface area contributed by atoms with Gasteiger partial charge in [-0.1, -0.05) is 83.1 Å². The Morgan fingerprint density at radius 3 is 2.30 bits per heavy atom. The highest BCUT2D eigenvalue weighted by Crippen LogP contribution is 2.28. The molecule has 1 aromatic rings. The fourth-order valence-corrected chi connectivity index (χ4v) is 5.87. The number of carbonyl (C=O) groups excluding carboxylic acids is 3. The molecule has 1 unspecified atom stereocenters. The molecule has 1 aromatic carbocycles. The van der Waals surface area contributed by atoms with Crippen LogP contribution >= 0.6 is 0 Å². The summed E-state index contributed by atoms with van der Waals surface area (Å²) in [6, 6.07) is 3.32. The molecule has 9 heteroatoms. The number of amides is 1. The van der Waals surface area contributed by atoms with E-state index in [1.807, 2.05) is 27.1 Å². The SMILES string of the molecule is CC.CCCCCOC=O.CCOC(=O)C1CCCN1C(=O)[C@@H](N)C1CCCCCC1.CN/C=C\Cc1c(C)cc(C)cc1CO. The Morgan fingerprint density at radius 1 is 1.07 bits per heavy atom. The van der Waals surface area contributed by atoms with Crippen molar-refractivity contribution < 1.29 is 29.0 Å². The lowest BCUT2D eigenvalue weighted by molar-refractivity contribution is -0.153. The number of rotatable bonds is 13. The Kier molecular flexibility index (Phi) is 25.5. The first kappa shape index (κ1) is 43.1. The molecule has 2 aliphatic rings. The fraction of sp³-hybridized carbons (Fsp3) is 0.703. The van der Waals surface area contributed by atoms with Crippen molar-refractivity contribution in [3.8, 4) is 0 Å². The van der Waals surface area contributed by atoms with Gasteiger partial charge in [0.15, 0.2) is 0 Å². The van der Waals surface area contributed by atoms with Crippen LogP contribution in [0.3, 0.4) is 0 Å². The highest BCUT2D eigenvalue weighted by atomic mass is 16.5. The standard InChI is InChI=1S/C16H28N2O3.C13H19NO.C6H12O2.C2H6/c1-2-21-16(20)13-10-7-11-18(13)15(19)14(17)12-8-5-3-4-6-9-12;1-10-7-11(2)13(5-4-6-14-3)12(8-10)9-15;1-2-3-4-5-8-6-7;1-2/h12-14H,2-11,17H2,1H3;4,6-8,14-15H,5,9H2,1-3H3;6H,2-5H2,1H3;1-2H3/b;6-4-;;/t13?,14-;;;/m0.../s1. The Bertz CT molecular complexity index is 992. The van der Waals surface area contributed by atoms with Crippen molar-refractivity contribution in [2.24, 2.45) is 11.7 Å². The molecule has 2 fully saturated rings. The van der Waals surface area contributed by atoms with Crippen LogP contribution in [0.5, 0.6) is 0 Å². The van der Waals surface area contributed by atoms with E-state index in [1.54, 1.807) is 11.8 Å². The van der Waals surface area contributed by atoms with Crippen LogP contribution in [-0.4, -0.2) is 67.2 Å². The van der Waals surface area contributed by atoms with Crippen LogP contribution in [0.2, 0.25) is 0 Å². The molecule has 1 aliphatic carbocycles. The minimum absolute atomic E-state index is 0.0579. The minimum atomic E-state index is -0.460. The lowest BCUT2D eigenvalue weighted by Crippen LogP contribution is -2.51. The van der Waals surface area contributed by atoms with E-state index in [1.165, 1.54) is 36.0 Å². The molecule has 1 amide bonds. The maximum atomic E-state index is 12.7. The third kappa shape index (κ3) is 16.6. The first-order valence-corrected chi connectivity index (χ1v) is 17.6. The third-order valence-electron chi connectivity index (χ3n) is 8.21. The Labute approximate surface area is 279 Å². The molecule has 1 saturated carbocycles. The molecule has 1 saturated heterocycles. The molecule has 2 atom stereocenters. The van der Waals surface area contributed by atoms with Crippen molar-refractivity contribution in [3.05, 3.63) is 46.7 Å². The van der Waals surface area contributed by atoms with Gasteiger partial charge in [-0.25, -0.2) is 4.79 Å². The molecule has 4 N–H and O–H groups in total. The quantitative estimate of drug-likeness (QED) is 0.0986. The Morgan fingerprint density at radius 2 is 1.74 bits per heavy atom. The van der Waals surface area contributed by atoms with Gasteiger partial charge in [0.1, 0.15) is 6.04 Å². The van der Waals surface area contributed by atoms with E-state index in [9.17, 15) is 19.5 Å². The average Bonchev–Trinajstić information content (AvgIpc) is 3.40. The smallest absolute Gasteiger partial charge is 0.328 e. The van der Waals surface area contributed by atoms with E-state index in [0.717, 1.165) is 56.9 Å². The summed E-state index contributed by atoms with van der Waals surface area (Å²) in [5, 5.41) is 12.2. The molecule has 264 valence electrons. The summed E-state index contributed by atoms with van der Waals surface area (Å²) in [6.07, 6.45) is 16.6. The van der Waals surface area contributed by atoms with Crippen LogP contribution in [0.4, 0.5) is 0 Å². The number of nitrogens with one attached hydrogen (secondary N) is 1. The number of likely N-dealkylation sites (tertiary alicyclic amines) is 1. The van der Waals surface area contributed by atoms with Gasteiger partial charge >= 0.3 is 5.97 Å². The zero-order valence-corrected chi connectivity index (χ0v) is 29.9. The van der Waals surface area contributed by atoms with Crippen molar-refractivity contribution in [3.63, 3.8) is 0 Å². The summed E-state index contributed by atoms with van der Waals surface area (Å²) < 4.78 is 9.53. The molecule has 0 aromatic heterocycles. The molecule has 0 radical (unpaired) electrons. The molecule has 1 heterocycles. The number of hydrogen-bond acceptors (Lipinski definition) is 8. The van der Waals surface area contributed by atoms with Gasteiger partial charge < -0.3 is 30.5 Å². The largest absolute Gasteiger partial charge is 0.468 e. The second kappa shape index (κ2) is 27.2. The number of nitrogens with two attached hydrogens (primary N) is 1. The third-order valence-corrected chi connectivity index (χ3v) is 8.21. The molecular formula is C37H65N3O6. The van der Waals surface area contributed by atoms with Gasteiger partial charge in [-0.2, -0.15) is 0 Å². The van der Waals surface area contributed by atoms with Gasteiger partial charge in [0.2, 0.25) is 5.91 Å². The lowest BCUT2D eigenvalue weighted by Gasteiger charge is -2.29. The van der Waals surface area contributed by atoms with Crippen molar-refractivity contribution in [1.29, 1.82) is 0 Å². The van der Waals surface area contributed by atoms with Gasteiger partial charge in [-0.15, -0.1) is 0 Å². The number of nitrogens with zero attached hydrogens (tertiary/aromatic N) is 1. The van der Waals surface area contributed by atoms with Crippen molar-refractivity contribution >= 4 is 18.3 Å². The zero-order valence-electron chi connectivity index (χ0n) is 29.9. The fourth-order valence-electron chi connectivity index (χ4n) is 5.87. The maximum Gasteiger partial charge on any atom is 0.328 e. The molecule has 1 aliphatic heterocycles. The first-order chi connectivity index (χ1) is 22.2. The summed E-state index contributed by atoms with van der Waals surface area (Å²) in [4.78, 5) is 35.8. The van der Waals surface area contributed by atoms with Crippen molar-refractivity contribution in [1.82, 2.24) is 10.2 Å². The summed E-state index contributed by atoms with van der Waals surface area (Å²) in [5.41, 5.74) is 11.0. The number of esters is 1. The summed E-state index contributed by atoms with van der Waals surface area (Å²) in [6.45, 7) is 14.2. The average molecular weight is 648 g/mol. The van der Waals surface area contributed by atoms with Crippen LogP contribution in [0, 0.1) is 19.8 Å². The second-order valence-electron chi connectivity index (χ2n) is 11.7. The molecule has 0 spiro atoms. The van der Waals surface area contributed by atoms with E-state index in [-0.39, 0.29) is 24.4 Å².